The number of benzene rings is 2. The van der Waals surface area contributed by atoms with Crippen molar-refractivity contribution in [2.24, 2.45) is 0 Å². The molecule has 1 heterocycles. The third-order valence-corrected chi connectivity index (χ3v) is 7.23. The Hall–Kier alpha value is -2.19. The van der Waals surface area contributed by atoms with E-state index in [4.69, 9.17) is 0 Å². The fraction of sp³-hybridized carbons (Fsp3) is 0.333. The van der Waals surface area contributed by atoms with Gasteiger partial charge in [0.25, 0.3) is 0 Å². The first-order chi connectivity index (χ1) is 13.6. The highest BCUT2D eigenvalue weighted by atomic mass is 79.9. The summed E-state index contributed by atoms with van der Waals surface area (Å²) >= 11 is 3.37. The molecule has 1 N–H and O–H groups in total. The van der Waals surface area contributed by atoms with Crippen molar-refractivity contribution in [2.45, 2.75) is 44.6 Å². The van der Waals surface area contributed by atoms with E-state index in [-0.39, 0.29) is 34.9 Å². The van der Waals surface area contributed by atoms with Crippen LogP contribution in [0, 0.1) is 6.92 Å². The van der Waals surface area contributed by atoms with Crippen LogP contribution in [0.3, 0.4) is 0 Å². The predicted octanol–water partition coefficient (Wildman–Crippen LogP) is 3.86. The number of halogens is 1. The molecule has 1 unspecified atom stereocenters. The first-order valence-electron chi connectivity index (χ1n) is 9.30. The molecule has 0 aromatic heterocycles. The fourth-order valence-electron chi connectivity index (χ4n) is 3.61. The van der Waals surface area contributed by atoms with Gasteiger partial charge in [0.05, 0.1) is 10.6 Å². The van der Waals surface area contributed by atoms with Gasteiger partial charge >= 0.3 is 0 Å². The van der Waals surface area contributed by atoms with Crippen LogP contribution in [-0.4, -0.2) is 32.0 Å². The maximum Gasteiger partial charge on any atom is 0.225 e. The van der Waals surface area contributed by atoms with Gasteiger partial charge in [-0.1, -0.05) is 15.9 Å². The third kappa shape index (κ3) is 4.70. The first-order valence-corrected chi connectivity index (χ1v) is 11.7. The van der Waals surface area contributed by atoms with E-state index in [1.165, 1.54) is 13.0 Å². The molecule has 1 aliphatic heterocycles. The molecule has 8 heteroatoms. The molecule has 3 rings (SSSR count). The van der Waals surface area contributed by atoms with Crippen molar-refractivity contribution >= 4 is 49.0 Å². The third-order valence-electron chi connectivity index (χ3n) is 5.03. The number of fused-ring (bicyclic) bond motifs is 1. The summed E-state index contributed by atoms with van der Waals surface area (Å²) in [7, 11) is -3.61. The zero-order chi connectivity index (χ0) is 21.3. The number of anilines is 2. The number of aryl methyl sites for hydroxylation is 1. The smallest absolute Gasteiger partial charge is 0.225 e. The summed E-state index contributed by atoms with van der Waals surface area (Å²) in [6.45, 7) is 5.30. The van der Waals surface area contributed by atoms with Gasteiger partial charge in [0.2, 0.25) is 11.8 Å². The monoisotopic (exact) mass is 478 g/mol. The number of nitrogens with zero attached hydrogens (tertiary/aromatic N) is 1. The van der Waals surface area contributed by atoms with Crippen LogP contribution >= 0.6 is 15.9 Å². The molecule has 2 aromatic rings. The molecule has 1 atom stereocenters. The topological polar surface area (TPSA) is 83.6 Å². The fourth-order valence-corrected chi connectivity index (χ4v) is 5.37. The molecule has 0 radical (unpaired) electrons. The Balaban J connectivity index is 1.69. The van der Waals surface area contributed by atoms with Crippen molar-refractivity contribution in [1.82, 2.24) is 0 Å². The SMILES string of the molecule is CC(=O)N1c2ccc(S(=O)(=O)CCC(=O)Nc3ccc(Br)cc3C)cc2CC1C. The second-order valence-corrected chi connectivity index (χ2v) is 10.3. The minimum absolute atomic E-state index is 0.000352. The Kier molecular flexibility index (Phi) is 6.14. The molecule has 0 saturated carbocycles. The maximum absolute atomic E-state index is 12.7. The highest BCUT2D eigenvalue weighted by Crippen LogP contribution is 2.34. The van der Waals surface area contributed by atoms with Crippen LogP contribution < -0.4 is 10.2 Å². The number of amides is 2. The summed E-state index contributed by atoms with van der Waals surface area (Å²) in [5.74, 6) is -0.692. The summed E-state index contributed by atoms with van der Waals surface area (Å²) < 4.78 is 26.4. The molecule has 0 fully saturated rings. The zero-order valence-electron chi connectivity index (χ0n) is 16.5. The van der Waals surface area contributed by atoms with Crippen molar-refractivity contribution in [3.05, 3.63) is 52.0 Å². The quantitative estimate of drug-likeness (QED) is 0.706. The molecular weight excluding hydrogens is 456 g/mol. The minimum atomic E-state index is -3.61. The molecule has 0 aliphatic carbocycles. The average molecular weight is 479 g/mol. The number of carbonyl (C=O) groups excluding carboxylic acids is 2. The van der Waals surface area contributed by atoms with E-state index in [0.29, 0.717) is 12.1 Å². The number of hydrogen-bond donors (Lipinski definition) is 1. The lowest BCUT2D eigenvalue weighted by Gasteiger charge is -2.20. The van der Waals surface area contributed by atoms with E-state index in [1.807, 2.05) is 26.0 Å². The normalized spacial score (nSPS) is 15.9. The first kappa shape index (κ1) is 21.5. The van der Waals surface area contributed by atoms with Gasteiger partial charge in [0, 0.05) is 35.2 Å². The van der Waals surface area contributed by atoms with Gasteiger partial charge in [-0.15, -0.1) is 0 Å². The molecule has 154 valence electrons. The zero-order valence-corrected chi connectivity index (χ0v) is 18.9. The number of sulfone groups is 1. The Bertz CT molecular complexity index is 1080. The van der Waals surface area contributed by atoms with Crippen molar-refractivity contribution in [3.63, 3.8) is 0 Å². The van der Waals surface area contributed by atoms with Crippen LogP contribution in [0.2, 0.25) is 0 Å². The van der Waals surface area contributed by atoms with E-state index in [0.717, 1.165) is 21.3 Å². The second kappa shape index (κ2) is 8.28. The molecule has 2 aromatic carbocycles. The van der Waals surface area contributed by atoms with Gasteiger partial charge in [-0.2, -0.15) is 0 Å². The lowest BCUT2D eigenvalue weighted by atomic mass is 10.1. The largest absolute Gasteiger partial charge is 0.326 e. The van der Waals surface area contributed by atoms with E-state index in [1.54, 1.807) is 23.1 Å². The van der Waals surface area contributed by atoms with Gasteiger partial charge in [-0.25, -0.2) is 8.42 Å². The highest BCUT2D eigenvalue weighted by Gasteiger charge is 2.30. The summed E-state index contributed by atoms with van der Waals surface area (Å²) in [5, 5.41) is 2.76. The van der Waals surface area contributed by atoms with Crippen molar-refractivity contribution < 1.29 is 18.0 Å². The molecule has 0 saturated heterocycles. The molecule has 29 heavy (non-hydrogen) atoms. The Labute approximate surface area is 179 Å². The van der Waals surface area contributed by atoms with Gasteiger partial charge in [-0.05, 0) is 67.8 Å². The van der Waals surface area contributed by atoms with E-state index in [9.17, 15) is 18.0 Å². The van der Waals surface area contributed by atoms with Gasteiger partial charge in [-0.3, -0.25) is 9.59 Å². The Morgan fingerprint density at radius 1 is 1.21 bits per heavy atom. The standard InChI is InChI=1S/C21H23BrN2O4S/c1-13-10-17(22)4-6-19(13)23-21(26)8-9-29(27,28)18-5-7-20-16(12-18)11-14(2)24(20)15(3)25/h4-7,10,12,14H,8-9,11H2,1-3H3,(H,23,26). The van der Waals surface area contributed by atoms with E-state index >= 15 is 0 Å². The van der Waals surface area contributed by atoms with Crippen LogP contribution in [0.1, 0.15) is 31.4 Å². The molecule has 1 aliphatic rings. The molecule has 0 bridgehead atoms. The Morgan fingerprint density at radius 2 is 1.93 bits per heavy atom. The highest BCUT2D eigenvalue weighted by molar-refractivity contribution is 9.10. The number of carbonyl (C=O) groups is 2. The van der Waals surface area contributed by atoms with Crippen molar-refractivity contribution in [2.75, 3.05) is 16.0 Å². The maximum atomic E-state index is 12.7. The summed E-state index contributed by atoms with van der Waals surface area (Å²) in [6.07, 6.45) is 0.479. The molecule has 6 nitrogen and oxygen atoms in total. The lowest BCUT2D eigenvalue weighted by molar-refractivity contribution is -0.117. The van der Waals surface area contributed by atoms with Crippen LogP contribution in [0.4, 0.5) is 11.4 Å². The summed E-state index contributed by atoms with van der Waals surface area (Å²) in [5.41, 5.74) is 3.14. The second-order valence-electron chi connectivity index (χ2n) is 7.31. The summed E-state index contributed by atoms with van der Waals surface area (Å²) in [6, 6.07) is 10.3. The average Bonchev–Trinajstić information content (AvgIpc) is 2.97. The predicted molar refractivity (Wildman–Crippen MR) is 117 cm³/mol. The van der Waals surface area contributed by atoms with Crippen LogP contribution in [-0.2, 0) is 25.8 Å². The lowest BCUT2D eigenvalue weighted by Crippen LogP contribution is -2.33. The van der Waals surface area contributed by atoms with Crippen molar-refractivity contribution in [1.29, 1.82) is 0 Å². The van der Waals surface area contributed by atoms with E-state index < -0.39 is 9.84 Å². The molecule has 2 amide bonds. The Morgan fingerprint density at radius 3 is 2.59 bits per heavy atom. The van der Waals surface area contributed by atoms with Gasteiger partial charge in [0.1, 0.15) is 0 Å². The van der Waals surface area contributed by atoms with E-state index in [2.05, 4.69) is 21.2 Å². The molecule has 0 spiro atoms. The minimum Gasteiger partial charge on any atom is -0.326 e. The van der Waals surface area contributed by atoms with Crippen LogP contribution in [0.5, 0.6) is 0 Å². The molecular formula is C21H23BrN2O4S. The van der Waals surface area contributed by atoms with Crippen LogP contribution in [0.15, 0.2) is 45.8 Å². The van der Waals surface area contributed by atoms with Crippen LogP contribution in [0.25, 0.3) is 0 Å². The number of nitrogens with one attached hydrogen (secondary N) is 1. The summed E-state index contributed by atoms with van der Waals surface area (Å²) in [4.78, 5) is 25.9. The van der Waals surface area contributed by atoms with Gasteiger partial charge < -0.3 is 10.2 Å². The van der Waals surface area contributed by atoms with Crippen molar-refractivity contribution in [3.8, 4) is 0 Å². The van der Waals surface area contributed by atoms with Gasteiger partial charge in [0.15, 0.2) is 9.84 Å². The number of rotatable bonds is 5. The number of hydrogen-bond acceptors (Lipinski definition) is 4.